The van der Waals surface area contributed by atoms with Crippen LogP contribution < -0.4 is 5.32 Å². The summed E-state index contributed by atoms with van der Waals surface area (Å²) < 4.78 is 2.36. The largest absolute Gasteiger partial charge is 0.305 e. The van der Waals surface area contributed by atoms with Crippen LogP contribution in [0.3, 0.4) is 0 Å². The zero-order chi connectivity index (χ0) is 16.2. The molecule has 0 aliphatic rings. The summed E-state index contributed by atoms with van der Waals surface area (Å²) in [6, 6.07) is 18.0. The predicted molar refractivity (Wildman–Crippen MR) is 90.4 cm³/mol. The lowest BCUT2D eigenvalue weighted by Gasteiger charge is -2.04. The molecule has 0 aliphatic heterocycles. The van der Waals surface area contributed by atoms with Gasteiger partial charge < -0.3 is 5.32 Å². The standard InChI is InChI=1S/C17H11BrN4O/c18-15-4-2-1-3-14(15)17(23)20-16-9-10-22(21-16)13-7-5-12(11-19)6-8-13/h1-10H,(H,20,21,23). The molecule has 0 saturated carbocycles. The molecule has 2 aromatic carbocycles. The Morgan fingerprint density at radius 1 is 1.13 bits per heavy atom. The van der Waals surface area contributed by atoms with Gasteiger partial charge in [0.1, 0.15) is 0 Å². The number of nitriles is 1. The molecule has 1 N–H and O–H groups in total. The molecular formula is C17H11BrN4O. The predicted octanol–water partition coefficient (Wildman–Crippen LogP) is 3.76. The van der Waals surface area contributed by atoms with Crippen LogP contribution in [0.4, 0.5) is 5.82 Å². The monoisotopic (exact) mass is 366 g/mol. The molecule has 3 rings (SSSR count). The summed E-state index contributed by atoms with van der Waals surface area (Å²) in [5, 5.41) is 15.9. The number of hydrogen-bond acceptors (Lipinski definition) is 3. The molecule has 5 nitrogen and oxygen atoms in total. The van der Waals surface area contributed by atoms with Gasteiger partial charge in [0.05, 0.1) is 22.9 Å². The smallest absolute Gasteiger partial charge is 0.258 e. The van der Waals surface area contributed by atoms with Crippen molar-refractivity contribution in [1.82, 2.24) is 9.78 Å². The van der Waals surface area contributed by atoms with Crippen LogP contribution in [0, 0.1) is 11.3 Å². The molecule has 0 unspecified atom stereocenters. The molecule has 23 heavy (non-hydrogen) atoms. The fourth-order valence-corrected chi connectivity index (χ4v) is 2.52. The molecule has 0 aliphatic carbocycles. The summed E-state index contributed by atoms with van der Waals surface area (Å²) in [7, 11) is 0. The molecule has 6 heteroatoms. The second-order valence-corrected chi connectivity index (χ2v) is 5.59. The van der Waals surface area contributed by atoms with Gasteiger partial charge in [0, 0.05) is 16.7 Å². The Labute approximate surface area is 141 Å². The minimum absolute atomic E-state index is 0.234. The number of nitrogens with one attached hydrogen (secondary N) is 1. The Kier molecular flexibility index (Phi) is 4.22. The molecule has 3 aromatic rings. The van der Waals surface area contributed by atoms with E-state index in [0.29, 0.717) is 16.9 Å². The number of benzene rings is 2. The third kappa shape index (κ3) is 3.30. The van der Waals surface area contributed by atoms with Gasteiger partial charge in [-0.15, -0.1) is 0 Å². The average molecular weight is 367 g/mol. The van der Waals surface area contributed by atoms with Gasteiger partial charge in [0.2, 0.25) is 0 Å². The van der Waals surface area contributed by atoms with Crippen LogP contribution >= 0.6 is 15.9 Å². The van der Waals surface area contributed by atoms with Crippen molar-refractivity contribution in [2.45, 2.75) is 0 Å². The van der Waals surface area contributed by atoms with Gasteiger partial charge in [-0.2, -0.15) is 10.4 Å². The number of halogens is 1. The average Bonchev–Trinajstić information content (AvgIpc) is 3.03. The van der Waals surface area contributed by atoms with Gasteiger partial charge in [-0.25, -0.2) is 4.68 Å². The Morgan fingerprint density at radius 3 is 2.57 bits per heavy atom. The minimum Gasteiger partial charge on any atom is -0.305 e. The van der Waals surface area contributed by atoms with E-state index in [0.717, 1.165) is 10.2 Å². The van der Waals surface area contributed by atoms with Crippen LogP contribution in [0.1, 0.15) is 15.9 Å². The van der Waals surface area contributed by atoms with E-state index >= 15 is 0 Å². The van der Waals surface area contributed by atoms with Crippen molar-refractivity contribution in [3.05, 3.63) is 76.4 Å². The number of rotatable bonds is 3. The highest BCUT2D eigenvalue weighted by Crippen LogP contribution is 2.18. The van der Waals surface area contributed by atoms with Crippen LogP contribution in [0.15, 0.2) is 65.3 Å². The van der Waals surface area contributed by atoms with Crippen LogP contribution in [0.5, 0.6) is 0 Å². The number of carbonyl (C=O) groups is 1. The summed E-state index contributed by atoms with van der Waals surface area (Å²) in [5.41, 5.74) is 1.94. The van der Waals surface area contributed by atoms with Gasteiger partial charge in [-0.05, 0) is 52.3 Å². The van der Waals surface area contributed by atoms with Gasteiger partial charge in [-0.3, -0.25) is 4.79 Å². The van der Waals surface area contributed by atoms with E-state index in [4.69, 9.17) is 5.26 Å². The van der Waals surface area contributed by atoms with Crippen molar-refractivity contribution < 1.29 is 4.79 Å². The van der Waals surface area contributed by atoms with Crippen molar-refractivity contribution in [2.75, 3.05) is 5.32 Å². The van der Waals surface area contributed by atoms with E-state index in [9.17, 15) is 4.79 Å². The van der Waals surface area contributed by atoms with E-state index in [-0.39, 0.29) is 5.91 Å². The van der Waals surface area contributed by atoms with E-state index in [2.05, 4.69) is 32.4 Å². The molecule has 1 heterocycles. The Bertz CT molecular complexity index is 893. The molecular weight excluding hydrogens is 356 g/mol. The SMILES string of the molecule is N#Cc1ccc(-n2ccc(NC(=O)c3ccccc3Br)n2)cc1. The molecule has 112 valence electrons. The Hall–Kier alpha value is -2.91. The number of aromatic nitrogens is 2. The van der Waals surface area contributed by atoms with Gasteiger partial charge in [0.25, 0.3) is 5.91 Å². The van der Waals surface area contributed by atoms with E-state index in [1.165, 1.54) is 0 Å². The quantitative estimate of drug-likeness (QED) is 0.766. The fourth-order valence-electron chi connectivity index (χ4n) is 2.05. The maximum absolute atomic E-state index is 12.2. The van der Waals surface area contributed by atoms with E-state index < -0.39 is 0 Å². The zero-order valence-electron chi connectivity index (χ0n) is 11.9. The molecule has 0 fully saturated rings. The van der Waals surface area contributed by atoms with Crippen molar-refractivity contribution in [2.24, 2.45) is 0 Å². The second kappa shape index (κ2) is 6.46. The Balaban J connectivity index is 1.78. The number of amides is 1. The first-order valence-electron chi connectivity index (χ1n) is 6.79. The fraction of sp³-hybridized carbons (Fsp3) is 0. The summed E-state index contributed by atoms with van der Waals surface area (Å²) in [4.78, 5) is 12.2. The van der Waals surface area contributed by atoms with Crippen LogP contribution in [0.25, 0.3) is 5.69 Å². The first-order valence-corrected chi connectivity index (χ1v) is 7.59. The first kappa shape index (κ1) is 15.0. The number of carbonyl (C=O) groups excluding carboxylic acids is 1. The highest BCUT2D eigenvalue weighted by Gasteiger charge is 2.11. The summed E-state index contributed by atoms with van der Waals surface area (Å²) >= 11 is 3.35. The lowest BCUT2D eigenvalue weighted by molar-refractivity contribution is 0.102. The summed E-state index contributed by atoms with van der Waals surface area (Å²) in [5.74, 6) is 0.220. The normalized spacial score (nSPS) is 10.1. The second-order valence-electron chi connectivity index (χ2n) is 4.74. The molecule has 0 bridgehead atoms. The number of nitrogens with zero attached hydrogens (tertiary/aromatic N) is 3. The maximum atomic E-state index is 12.2. The summed E-state index contributed by atoms with van der Waals surface area (Å²) in [6.45, 7) is 0. The number of anilines is 1. The van der Waals surface area contributed by atoms with E-state index in [1.54, 1.807) is 53.3 Å². The van der Waals surface area contributed by atoms with Crippen molar-refractivity contribution in [1.29, 1.82) is 5.26 Å². The maximum Gasteiger partial charge on any atom is 0.258 e. The molecule has 0 spiro atoms. The van der Waals surface area contributed by atoms with E-state index in [1.807, 2.05) is 12.1 Å². The van der Waals surface area contributed by atoms with Gasteiger partial charge in [0.15, 0.2) is 5.82 Å². The molecule has 0 radical (unpaired) electrons. The molecule has 0 saturated heterocycles. The third-order valence-corrected chi connectivity index (χ3v) is 3.90. The van der Waals surface area contributed by atoms with Crippen molar-refractivity contribution in [3.8, 4) is 11.8 Å². The van der Waals surface area contributed by atoms with Gasteiger partial charge in [-0.1, -0.05) is 12.1 Å². The topological polar surface area (TPSA) is 70.7 Å². The van der Waals surface area contributed by atoms with Crippen LogP contribution in [0.2, 0.25) is 0 Å². The lowest BCUT2D eigenvalue weighted by atomic mass is 10.2. The van der Waals surface area contributed by atoms with Crippen LogP contribution in [-0.4, -0.2) is 15.7 Å². The molecule has 0 atom stereocenters. The summed E-state index contributed by atoms with van der Waals surface area (Å²) in [6.07, 6.45) is 1.75. The lowest BCUT2D eigenvalue weighted by Crippen LogP contribution is -2.13. The number of hydrogen-bond donors (Lipinski definition) is 1. The highest BCUT2D eigenvalue weighted by molar-refractivity contribution is 9.10. The van der Waals surface area contributed by atoms with Crippen molar-refractivity contribution in [3.63, 3.8) is 0 Å². The van der Waals surface area contributed by atoms with Gasteiger partial charge >= 0.3 is 0 Å². The Morgan fingerprint density at radius 2 is 1.87 bits per heavy atom. The molecule has 1 aromatic heterocycles. The minimum atomic E-state index is -0.234. The van der Waals surface area contributed by atoms with Crippen LogP contribution in [-0.2, 0) is 0 Å². The first-order chi connectivity index (χ1) is 11.2. The zero-order valence-corrected chi connectivity index (χ0v) is 13.5. The molecule has 1 amide bonds. The highest BCUT2D eigenvalue weighted by atomic mass is 79.9. The van der Waals surface area contributed by atoms with Crippen molar-refractivity contribution >= 4 is 27.7 Å². The third-order valence-electron chi connectivity index (χ3n) is 3.21.